The van der Waals surface area contributed by atoms with Gasteiger partial charge in [-0.25, -0.2) is 4.79 Å². The summed E-state index contributed by atoms with van der Waals surface area (Å²) in [6, 6.07) is 2.66. The molecule has 304 valence electrons. The van der Waals surface area contributed by atoms with Crippen molar-refractivity contribution in [1.82, 2.24) is 30.8 Å². The molecule has 0 unspecified atom stereocenters. The predicted octanol–water partition coefficient (Wildman–Crippen LogP) is 3.80. The van der Waals surface area contributed by atoms with E-state index in [4.69, 9.17) is 23.7 Å². The number of likely N-dealkylation sites (N-methyl/N-ethyl adjacent to an activating group) is 1. The van der Waals surface area contributed by atoms with Crippen LogP contribution in [0.25, 0.3) is 16.8 Å². The molecule has 0 spiro atoms. The summed E-state index contributed by atoms with van der Waals surface area (Å²) in [6.45, 7) is 13.8. The SMILES string of the molecule is CC[C@H]1OC(=O)[C@H](C)C(=O)[C@H](C)[C@@H](O[C@@H]2O[C@H](C)C[C@H](N(C)C)[C@H]2O)[C@@](C)(OC/C=C/c2ccc(-c3nn[nH]n3)s2)C[C@@H](C)C(=O)[C@H](C)[C@H]2NC(=O)O[C@@]21C. The highest BCUT2D eigenvalue weighted by atomic mass is 32.1. The number of nitrogens with one attached hydrogen (secondary N) is 2. The molecular weight excluding hydrogens is 733 g/mol. The van der Waals surface area contributed by atoms with Crippen LogP contribution in [0.5, 0.6) is 0 Å². The smallest absolute Gasteiger partial charge is 0.408 e. The Morgan fingerprint density at radius 2 is 1.80 bits per heavy atom. The Bertz CT molecular complexity index is 1700. The second kappa shape index (κ2) is 17.3. The lowest BCUT2D eigenvalue weighted by Crippen LogP contribution is -2.60. The lowest BCUT2D eigenvalue weighted by atomic mass is 9.73. The molecule has 0 aliphatic carbocycles. The number of esters is 1. The van der Waals surface area contributed by atoms with Gasteiger partial charge in [0.25, 0.3) is 0 Å². The van der Waals surface area contributed by atoms with Crippen LogP contribution in [0.15, 0.2) is 18.2 Å². The number of cyclic esters (lactones) is 1. The number of Topliss-reactive ketones (excluding diaryl/α,β-unsaturated/α-hetero) is 2. The second-order valence-corrected chi connectivity index (χ2v) is 16.9. The minimum absolute atomic E-state index is 0.0500. The number of hydrogen-bond donors (Lipinski definition) is 3. The quantitative estimate of drug-likeness (QED) is 0.244. The highest BCUT2D eigenvalue weighted by Crippen LogP contribution is 2.40. The molecule has 2 aromatic rings. The third-order valence-corrected chi connectivity index (χ3v) is 12.5. The topological polar surface area (TPSA) is 204 Å². The minimum atomic E-state index is -1.38. The van der Waals surface area contributed by atoms with E-state index in [1.165, 1.54) is 18.3 Å². The van der Waals surface area contributed by atoms with Gasteiger partial charge in [0.15, 0.2) is 17.7 Å². The fraction of sp³-hybridized carbons (Fsp3) is 0.711. The molecule has 17 heteroatoms. The van der Waals surface area contributed by atoms with Crippen molar-refractivity contribution in [3.05, 3.63) is 23.1 Å². The standard InChI is InChI=1S/C38H56N6O10S/c1-11-27-38(8)31(39-36(49)54-38)21(4)28(45)19(2)18-37(7,50-16-12-13-24-14-15-26(55-24)33-40-42-43-41-33)32(22(5)29(46)23(6)34(48)52-27)53-35-30(47)25(44(9)10)17-20(3)51-35/h12-15,19-23,25,27,30-32,35,47H,11,16-18H2,1-10H3,(H,39,49)(H,40,41,42,43)/b13-12+/t19-,20-,21+,22+,23-,25+,27-,30-,31-,32-,35+,37+,38-/m1/s1. The number of fused-ring (bicyclic) bond motifs is 1. The minimum Gasteiger partial charge on any atom is -0.458 e. The molecular formula is C38H56N6O10S. The van der Waals surface area contributed by atoms with Crippen LogP contribution in [0, 0.1) is 23.7 Å². The largest absolute Gasteiger partial charge is 0.458 e. The first-order valence-corrected chi connectivity index (χ1v) is 19.8. The summed E-state index contributed by atoms with van der Waals surface area (Å²) >= 11 is 1.46. The molecule has 5 heterocycles. The Labute approximate surface area is 326 Å². The Morgan fingerprint density at radius 3 is 2.45 bits per heavy atom. The number of carbonyl (C=O) groups is 4. The van der Waals surface area contributed by atoms with Gasteiger partial charge in [0.2, 0.25) is 5.82 Å². The van der Waals surface area contributed by atoms with Crippen molar-refractivity contribution in [3.63, 3.8) is 0 Å². The monoisotopic (exact) mass is 788 g/mol. The van der Waals surface area contributed by atoms with Gasteiger partial charge in [-0.1, -0.05) is 33.8 Å². The van der Waals surface area contributed by atoms with E-state index < -0.39 is 83.4 Å². The number of aliphatic hydroxyl groups is 1. The van der Waals surface area contributed by atoms with Crippen LogP contribution in [-0.4, -0.2) is 129 Å². The normalized spacial score (nSPS) is 38.1. The highest BCUT2D eigenvalue weighted by Gasteiger charge is 2.57. The number of nitrogens with zero attached hydrogens (tertiary/aromatic N) is 4. The molecule has 16 nitrogen and oxygen atoms in total. The first-order chi connectivity index (χ1) is 25.9. The summed E-state index contributed by atoms with van der Waals surface area (Å²) in [7, 11) is 3.73. The number of alkyl carbamates (subject to hydrolysis) is 1. The lowest BCUT2D eigenvalue weighted by Gasteiger charge is -2.47. The van der Waals surface area contributed by atoms with E-state index in [1.807, 2.05) is 50.2 Å². The maximum Gasteiger partial charge on any atom is 0.408 e. The molecule has 5 rings (SSSR count). The van der Waals surface area contributed by atoms with Gasteiger partial charge in [-0.05, 0) is 84.5 Å². The van der Waals surface area contributed by atoms with Gasteiger partial charge >= 0.3 is 12.1 Å². The summed E-state index contributed by atoms with van der Waals surface area (Å²) < 4.78 is 31.3. The van der Waals surface area contributed by atoms with Gasteiger partial charge in [0, 0.05) is 28.7 Å². The van der Waals surface area contributed by atoms with Crippen molar-refractivity contribution in [2.24, 2.45) is 23.7 Å². The van der Waals surface area contributed by atoms with Gasteiger partial charge in [-0.2, -0.15) is 5.21 Å². The summed E-state index contributed by atoms with van der Waals surface area (Å²) in [5, 5.41) is 28.5. The number of aliphatic hydroxyl groups excluding tert-OH is 1. The third-order valence-electron chi connectivity index (χ3n) is 11.4. The highest BCUT2D eigenvalue weighted by molar-refractivity contribution is 7.16. The molecule has 2 aromatic heterocycles. The average Bonchev–Trinajstić information content (AvgIpc) is 3.91. The molecule has 55 heavy (non-hydrogen) atoms. The summed E-state index contributed by atoms with van der Waals surface area (Å²) in [6.07, 6.45) is -0.734. The van der Waals surface area contributed by atoms with E-state index in [1.54, 1.807) is 41.5 Å². The first-order valence-electron chi connectivity index (χ1n) is 19.0. The van der Waals surface area contributed by atoms with Gasteiger partial charge in [0.05, 0.1) is 35.3 Å². The molecule has 3 saturated heterocycles. The Balaban J connectivity index is 1.54. The van der Waals surface area contributed by atoms with Crippen LogP contribution >= 0.6 is 11.3 Å². The molecule has 0 radical (unpaired) electrons. The second-order valence-electron chi connectivity index (χ2n) is 15.8. The number of aromatic nitrogens is 4. The van der Waals surface area contributed by atoms with Gasteiger partial charge in [0.1, 0.15) is 23.9 Å². The molecule has 0 saturated carbocycles. The van der Waals surface area contributed by atoms with Crippen LogP contribution in [-0.2, 0) is 38.1 Å². The number of rotatable bonds is 9. The molecule has 3 fully saturated rings. The molecule has 3 aliphatic heterocycles. The molecule has 0 bridgehead atoms. The fourth-order valence-electron chi connectivity index (χ4n) is 8.36. The summed E-state index contributed by atoms with van der Waals surface area (Å²) in [5.74, 6) is -4.70. The molecule has 0 aromatic carbocycles. The van der Waals surface area contributed by atoms with E-state index in [-0.39, 0.29) is 37.4 Å². The number of ether oxygens (including phenoxy) is 5. The van der Waals surface area contributed by atoms with Crippen LogP contribution in [0.3, 0.4) is 0 Å². The van der Waals surface area contributed by atoms with Crippen molar-refractivity contribution in [2.45, 2.75) is 129 Å². The van der Waals surface area contributed by atoms with E-state index in [2.05, 4.69) is 25.9 Å². The summed E-state index contributed by atoms with van der Waals surface area (Å²) in [4.78, 5) is 58.9. The van der Waals surface area contributed by atoms with Gasteiger partial charge < -0.3 is 39.0 Å². The molecule has 3 N–H and O–H groups in total. The molecule has 1 amide bonds. The van der Waals surface area contributed by atoms with Crippen molar-refractivity contribution < 1.29 is 48.0 Å². The van der Waals surface area contributed by atoms with Gasteiger partial charge in [-0.15, -0.1) is 21.5 Å². The number of H-pyrrole nitrogens is 1. The van der Waals surface area contributed by atoms with E-state index >= 15 is 0 Å². The van der Waals surface area contributed by atoms with E-state index in [9.17, 15) is 24.3 Å². The number of amides is 1. The van der Waals surface area contributed by atoms with E-state index in [0.29, 0.717) is 12.2 Å². The Morgan fingerprint density at radius 1 is 1.07 bits per heavy atom. The van der Waals surface area contributed by atoms with Crippen LogP contribution in [0.4, 0.5) is 4.79 Å². The zero-order valence-electron chi connectivity index (χ0n) is 33.3. The number of ketones is 2. The number of tetrazole rings is 1. The molecule has 3 aliphatic rings. The number of aromatic amines is 1. The van der Waals surface area contributed by atoms with Crippen LogP contribution in [0.1, 0.15) is 79.5 Å². The van der Waals surface area contributed by atoms with Crippen molar-refractivity contribution in [1.29, 1.82) is 0 Å². The average molecular weight is 789 g/mol. The van der Waals surface area contributed by atoms with Gasteiger partial charge in [-0.3, -0.25) is 14.4 Å². The van der Waals surface area contributed by atoms with Crippen LogP contribution in [0.2, 0.25) is 0 Å². The van der Waals surface area contributed by atoms with Crippen molar-refractivity contribution in [3.8, 4) is 10.7 Å². The number of carbonyl (C=O) groups excluding carboxylic acids is 4. The number of thiophene rings is 1. The molecule has 13 atom stereocenters. The third kappa shape index (κ3) is 9.02. The lowest BCUT2D eigenvalue weighted by molar-refractivity contribution is -0.296. The van der Waals surface area contributed by atoms with Crippen LogP contribution < -0.4 is 5.32 Å². The predicted molar refractivity (Wildman–Crippen MR) is 201 cm³/mol. The maximum atomic E-state index is 14.4. The Kier molecular flexibility index (Phi) is 13.3. The number of hydrogen-bond acceptors (Lipinski definition) is 15. The maximum absolute atomic E-state index is 14.4. The zero-order valence-corrected chi connectivity index (χ0v) is 34.1. The first kappa shape index (κ1) is 42.5. The fourth-order valence-corrected chi connectivity index (χ4v) is 9.23. The zero-order chi connectivity index (χ0) is 40.4. The van der Waals surface area contributed by atoms with Crippen molar-refractivity contribution in [2.75, 3.05) is 20.7 Å². The van der Waals surface area contributed by atoms with Crippen molar-refractivity contribution >= 4 is 41.0 Å². The summed E-state index contributed by atoms with van der Waals surface area (Å²) in [5.41, 5.74) is -2.75. The van der Waals surface area contributed by atoms with E-state index in [0.717, 1.165) is 9.75 Å². The Hall–Kier alpha value is -3.61.